The maximum atomic E-state index is 8.79. The van der Waals surface area contributed by atoms with Crippen LogP contribution in [0.15, 0.2) is 18.2 Å². The number of nitriles is 1. The molecule has 1 aromatic rings. The highest BCUT2D eigenvalue weighted by Gasteiger charge is 2.14. The Balaban J connectivity index is 1.84. The van der Waals surface area contributed by atoms with Crippen molar-refractivity contribution in [2.24, 2.45) is 0 Å². The average molecular weight is 230 g/mol. The summed E-state index contributed by atoms with van der Waals surface area (Å²) in [6.45, 7) is 3.87. The minimum absolute atomic E-state index is 0.432. The fraction of sp³-hybridized carbons (Fsp3) is 0.500. The topological polar surface area (TPSA) is 45.0 Å². The van der Waals surface area contributed by atoms with Gasteiger partial charge in [-0.3, -0.25) is 0 Å². The van der Waals surface area contributed by atoms with Gasteiger partial charge in [-0.2, -0.15) is 5.26 Å². The monoisotopic (exact) mass is 230 g/mol. The summed E-state index contributed by atoms with van der Waals surface area (Å²) in [5.74, 6) is 0. The van der Waals surface area contributed by atoms with Crippen LogP contribution in [-0.4, -0.2) is 19.3 Å². The molecule has 1 fully saturated rings. The molecule has 0 radical (unpaired) electrons. The molecule has 2 rings (SSSR count). The number of hydrogen-bond donors (Lipinski definition) is 1. The zero-order valence-corrected chi connectivity index (χ0v) is 10.2. The van der Waals surface area contributed by atoms with Crippen molar-refractivity contribution in [1.82, 2.24) is 0 Å². The number of anilines is 1. The summed E-state index contributed by atoms with van der Waals surface area (Å²) >= 11 is 0. The van der Waals surface area contributed by atoms with Crippen LogP contribution in [0.1, 0.15) is 30.4 Å². The average Bonchev–Trinajstić information content (AvgIpc) is 2.84. The lowest BCUT2D eigenvalue weighted by atomic mass is 10.1. The number of rotatable bonds is 4. The fourth-order valence-electron chi connectivity index (χ4n) is 2.17. The smallest absolute Gasteiger partial charge is 0.0991 e. The standard InChI is InChI=1S/C14H18N2O/c1-11-9-12(10-15)4-5-14(11)16-7-6-13-3-2-8-17-13/h4-5,9,13,16H,2-3,6-8H2,1H3. The van der Waals surface area contributed by atoms with Crippen LogP contribution in [0.2, 0.25) is 0 Å². The Morgan fingerprint density at radius 1 is 1.53 bits per heavy atom. The maximum Gasteiger partial charge on any atom is 0.0991 e. The SMILES string of the molecule is Cc1cc(C#N)ccc1NCCC1CCCO1. The van der Waals surface area contributed by atoms with E-state index >= 15 is 0 Å². The molecule has 1 atom stereocenters. The van der Waals surface area contributed by atoms with Crippen molar-refractivity contribution in [2.45, 2.75) is 32.3 Å². The molecule has 3 heteroatoms. The van der Waals surface area contributed by atoms with Crippen molar-refractivity contribution in [3.8, 4) is 6.07 Å². The number of nitrogens with zero attached hydrogens (tertiary/aromatic N) is 1. The Morgan fingerprint density at radius 3 is 3.06 bits per heavy atom. The van der Waals surface area contributed by atoms with E-state index in [9.17, 15) is 0 Å². The summed E-state index contributed by atoms with van der Waals surface area (Å²) in [4.78, 5) is 0. The fourth-order valence-corrected chi connectivity index (χ4v) is 2.17. The molecule has 0 aliphatic carbocycles. The van der Waals surface area contributed by atoms with Crippen molar-refractivity contribution in [1.29, 1.82) is 5.26 Å². The van der Waals surface area contributed by atoms with Crippen LogP contribution in [0.5, 0.6) is 0 Å². The zero-order valence-electron chi connectivity index (χ0n) is 10.2. The molecule has 1 heterocycles. The van der Waals surface area contributed by atoms with Gasteiger partial charge in [0, 0.05) is 18.8 Å². The molecular weight excluding hydrogens is 212 g/mol. The molecule has 1 saturated heterocycles. The highest BCUT2D eigenvalue weighted by Crippen LogP contribution is 2.18. The molecule has 0 saturated carbocycles. The van der Waals surface area contributed by atoms with Crippen LogP contribution in [0, 0.1) is 18.3 Å². The summed E-state index contributed by atoms with van der Waals surface area (Å²) in [6.07, 6.45) is 3.87. The van der Waals surface area contributed by atoms with Crippen molar-refractivity contribution in [3.05, 3.63) is 29.3 Å². The molecular formula is C14H18N2O. The van der Waals surface area contributed by atoms with E-state index in [2.05, 4.69) is 11.4 Å². The van der Waals surface area contributed by atoms with E-state index in [1.807, 2.05) is 25.1 Å². The summed E-state index contributed by atoms with van der Waals surface area (Å²) in [5.41, 5.74) is 2.95. The van der Waals surface area contributed by atoms with E-state index < -0.39 is 0 Å². The van der Waals surface area contributed by atoms with Gasteiger partial charge < -0.3 is 10.1 Å². The molecule has 0 amide bonds. The first-order chi connectivity index (χ1) is 8.29. The van der Waals surface area contributed by atoms with E-state index in [0.29, 0.717) is 11.7 Å². The Labute approximate surface area is 102 Å². The van der Waals surface area contributed by atoms with Crippen molar-refractivity contribution < 1.29 is 4.74 Å². The van der Waals surface area contributed by atoms with Crippen LogP contribution in [0.3, 0.4) is 0 Å². The van der Waals surface area contributed by atoms with Gasteiger partial charge in [-0.05, 0) is 49.9 Å². The molecule has 1 N–H and O–H groups in total. The normalized spacial score (nSPS) is 18.9. The highest BCUT2D eigenvalue weighted by atomic mass is 16.5. The molecule has 17 heavy (non-hydrogen) atoms. The van der Waals surface area contributed by atoms with Crippen molar-refractivity contribution in [2.75, 3.05) is 18.5 Å². The van der Waals surface area contributed by atoms with Crippen molar-refractivity contribution >= 4 is 5.69 Å². The molecule has 1 aliphatic rings. The second-order valence-corrected chi connectivity index (χ2v) is 4.49. The molecule has 0 bridgehead atoms. The van der Waals surface area contributed by atoms with Crippen molar-refractivity contribution in [3.63, 3.8) is 0 Å². The predicted octanol–water partition coefficient (Wildman–Crippen LogP) is 2.85. The Morgan fingerprint density at radius 2 is 2.41 bits per heavy atom. The lowest BCUT2D eigenvalue weighted by Gasteiger charge is -2.12. The quantitative estimate of drug-likeness (QED) is 0.865. The highest BCUT2D eigenvalue weighted by molar-refractivity contribution is 5.53. The Bertz CT molecular complexity index is 417. The van der Waals surface area contributed by atoms with E-state index in [0.717, 1.165) is 30.8 Å². The minimum Gasteiger partial charge on any atom is -0.385 e. The van der Waals surface area contributed by atoms with Gasteiger partial charge in [0.15, 0.2) is 0 Å². The second-order valence-electron chi connectivity index (χ2n) is 4.49. The third-order valence-corrected chi connectivity index (χ3v) is 3.16. The summed E-state index contributed by atoms with van der Waals surface area (Å²) in [5, 5.41) is 12.2. The van der Waals surface area contributed by atoms with Gasteiger partial charge in [-0.25, -0.2) is 0 Å². The van der Waals surface area contributed by atoms with E-state index in [1.165, 1.54) is 12.8 Å². The molecule has 0 aromatic heterocycles. The number of hydrogen-bond acceptors (Lipinski definition) is 3. The summed E-state index contributed by atoms with van der Waals surface area (Å²) in [6, 6.07) is 7.88. The van der Waals surface area contributed by atoms with Gasteiger partial charge in [0.1, 0.15) is 0 Å². The van der Waals surface area contributed by atoms with Gasteiger partial charge in [0.05, 0.1) is 17.7 Å². The third kappa shape index (κ3) is 3.21. The lowest BCUT2D eigenvalue weighted by Crippen LogP contribution is -2.12. The zero-order chi connectivity index (χ0) is 12.1. The lowest BCUT2D eigenvalue weighted by molar-refractivity contribution is 0.107. The Hall–Kier alpha value is -1.53. The second kappa shape index (κ2) is 5.70. The molecule has 0 spiro atoms. The first-order valence-electron chi connectivity index (χ1n) is 6.16. The van der Waals surface area contributed by atoms with Crippen LogP contribution >= 0.6 is 0 Å². The summed E-state index contributed by atoms with van der Waals surface area (Å²) in [7, 11) is 0. The van der Waals surface area contributed by atoms with Gasteiger partial charge >= 0.3 is 0 Å². The molecule has 1 aromatic carbocycles. The number of benzene rings is 1. The van der Waals surface area contributed by atoms with Crippen LogP contribution in [0.25, 0.3) is 0 Å². The first kappa shape index (κ1) is 11.9. The van der Waals surface area contributed by atoms with E-state index in [4.69, 9.17) is 10.00 Å². The molecule has 1 aliphatic heterocycles. The van der Waals surface area contributed by atoms with E-state index in [1.54, 1.807) is 0 Å². The number of aryl methyl sites for hydroxylation is 1. The van der Waals surface area contributed by atoms with E-state index in [-0.39, 0.29) is 0 Å². The molecule has 3 nitrogen and oxygen atoms in total. The third-order valence-electron chi connectivity index (χ3n) is 3.16. The molecule has 1 unspecified atom stereocenters. The van der Waals surface area contributed by atoms with Gasteiger partial charge in [-0.15, -0.1) is 0 Å². The summed E-state index contributed by atoms with van der Waals surface area (Å²) < 4.78 is 5.57. The van der Waals surface area contributed by atoms with Crippen LogP contribution in [-0.2, 0) is 4.74 Å². The molecule has 90 valence electrons. The number of ether oxygens (including phenoxy) is 1. The largest absolute Gasteiger partial charge is 0.385 e. The minimum atomic E-state index is 0.432. The Kier molecular flexibility index (Phi) is 4.00. The maximum absolute atomic E-state index is 8.79. The van der Waals surface area contributed by atoms with Crippen LogP contribution < -0.4 is 5.32 Å². The van der Waals surface area contributed by atoms with Gasteiger partial charge in [0.2, 0.25) is 0 Å². The first-order valence-corrected chi connectivity index (χ1v) is 6.16. The van der Waals surface area contributed by atoms with Crippen LogP contribution in [0.4, 0.5) is 5.69 Å². The predicted molar refractivity (Wildman–Crippen MR) is 68.0 cm³/mol. The van der Waals surface area contributed by atoms with Gasteiger partial charge in [0.25, 0.3) is 0 Å². The van der Waals surface area contributed by atoms with Gasteiger partial charge in [-0.1, -0.05) is 0 Å². The number of nitrogens with one attached hydrogen (secondary N) is 1.